The maximum atomic E-state index is 13.5. The van der Waals surface area contributed by atoms with Crippen LogP contribution in [0.2, 0.25) is 0 Å². The molecular weight excluding hydrogens is 352 g/mol. The number of benzene rings is 1. The van der Waals surface area contributed by atoms with Crippen molar-refractivity contribution >= 4 is 5.78 Å². The number of carbonyl (C=O) groups excluding carboxylic acids is 1. The highest BCUT2D eigenvalue weighted by Gasteiger charge is 2.61. The van der Waals surface area contributed by atoms with Crippen LogP contribution >= 0.6 is 0 Å². The number of hydrogen-bond acceptors (Lipinski definition) is 1. The first kappa shape index (κ1) is 19.8. The fourth-order valence-electron chi connectivity index (χ4n) is 8.90. The first-order valence-corrected chi connectivity index (χ1v) is 12.4. The van der Waals surface area contributed by atoms with Gasteiger partial charge < -0.3 is 0 Å². The summed E-state index contributed by atoms with van der Waals surface area (Å²) in [5, 5.41) is 0. The Kier molecular flexibility index (Phi) is 4.76. The molecule has 0 aromatic heterocycles. The molecule has 0 bridgehead atoms. The van der Waals surface area contributed by atoms with E-state index in [0.717, 1.165) is 41.6 Å². The van der Waals surface area contributed by atoms with Crippen LogP contribution in [0.1, 0.15) is 94.5 Å². The topological polar surface area (TPSA) is 17.1 Å². The van der Waals surface area contributed by atoms with Crippen LogP contribution in [-0.2, 0) is 0 Å². The zero-order valence-electron chi connectivity index (χ0n) is 19.0. The summed E-state index contributed by atoms with van der Waals surface area (Å²) < 4.78 is 0. The minimum absolute atomic E-state index is 0.229. The lowest BCUT2D eigenvalue weighted by Gasteiger charge is -2.61. The van der Waals surface area contributed by atoms with Gasteiger partial charge in [0.1, 0.15) is 0 Å². The molecule has 0 amide bonds. The monoisotopic (exact) mass is 392 g/mol. The van der Waals surface area contributed by atoms with E-state index in [0.29, 0.717) is 11.2 Å². The van der Waals surface area contributed by atoms with E-state index in [1.54, 1.807) is 0 Å². The molecule has 5 rings (SSSR count). The Bertz CT molecular complexity index is 795. The molecular formula is C28H40O. The van der Waals surface area contributed by atoms with E-state index in [1.165, 1.54) is 56.9 Å². The maximum Gasteiger partial charge on any atom is 0.166 e. The van der Waals surface area contributed by atoms with Crippen molar-refractivity contribution in [3.8, 4) is 0 Å². The van der Waals surface area contributed by atoms with Gasteiger partial charge in [-0.05, 0) is 105 Å². The van der Waals surface area contributed by atoms with Crippen molar-refractivity contribution < 1.29 is 4.79 Å². The molecule has 0 spiro atoms. The second-order valence-electron chi connectivity index (χ2n) is 11.9. The summed E-state index contributed by atoms with van der Waals surface area (Å²) in [5.41, 5.74) is 2.97. The molecule has 1 aromatic carbocycles. The van der Waals surface area contributed by atoms with Crippen LogP contribution in [-0.4, -0.2) is 5.78 Å². The molecule has 0 radical (unpaired) electrons. The number of ketones is 1. The number of hydrogen-bond donors (Lipinski definition) is 0. The van der Waals surface area contributed by atoms with Gasteiger partial charge in [0.25, 0.3) is 0 Å². The molecule has 1 aromatic rings. The van der Waals surface area contributed by atoms with Crippen molar-refractivity contribution in [1.82, 2.24) is 0 Å². The molecule has 4 fully saturated rings. The number of carbonyl (C=O) groups is 1. The van der Waals surface area contributed by atoms with E-state index in [4.69, 9.17) is 0 Å². The molecule has 0 N–H and O–H groups in total. The van der Waals surface area contributed by atoms with Gasteiger partial charge in [0.2, 0.25) is 0 Å². The van der Waals surface area contributed by atoms with Crippen LogP contribution in [0.5, 0.6) is 0 Å². The summed E-state index contributed by atoms with van der Waals surface area (Å²) in [6.45, 7) is 9.73. The maximum absolute atomic E-state index is 13.5. The van der Waals surface area contributed by atoms with Gasteiger partial charge in [-0.25, -0.2) is 0 Å². The van der Waals surface area contributed by atoms with Gasteiger partial charge in [0, 0.05) is 11.5 Å². The second-order valence-corrected chi connectivity index (χ2v) is 11.9. The minimum atomic E-state index is 0.229. The molecule has 158 valence electrons. The van der Waals surface area contributed by atoms with Gasteiger partial charge in [-0.3, -0.25) is 4.79 Å². The Morgan fingerprint density at radius 3 is 2.48 bits per heavy atom. The van der Waals surface area contributed by atoms with E-state index in [1.807, 2.05) is 6.07 Å². The van der Waals surface area contributed by atoms with Crippen molar-refractivity contribution in [2.75, 3.05) is 0 Å². The highest BCUT2D eigenvalue weighted by molar-refractivity contribution is 5.98. The molecule has 0 saturated heterocycles. The zero-order valence-corrected chi connectivity index (χ0v) is 19.0. The van der Waals surface area contributed by atoms with Gasteiger partial charge in [0.05, 0.1) is 0 Å². The summed E-state index contributed by atoms with van der Waals surface area (Å²) in [5.74, 6) is 5.13. The number of aryl methyl sites for hydroxylation is 1. The number of rotatable bonds is 2. The fourth-order valence-corrected chi connectivity index (χ4v) is 8.90. The average molecular weight is 393 g/mol. The van der Waals surface area contributed by atoms with Gasteiger partial charge in [-0.2, -0.15) is 0 Å². The van der Waals surface area contributed by atoms with Gasteiger partial charge in [-0.1, -0.05) is 51.0 Å². The fraction of sp³-hybridized carbons (Fsp3) is 0.750. The van der Waals surface area contributed by atoms with Gasteiger partial charge in [-0.15, -0.1) is 0 Å². The first-order chi connectivity index (χ1) is 13.8. The minimum Gasteiger partial charge on any atom is -0.294 e. The molecule has 4 saturated carbocycles. The van der Waals surface area contributed by atoms with Crippen molar-refractivity contribution in [2.24, 2.45) is 46.3 Å². The number of fused-ring (bicyclic) bond motifs is 5. The second kappa shape index (κ2) is 6.96. The van der Waals surface area contributed by atoms with Gasteiger partial charge >= 0.3 is 0 Å². The molecule has 1 heteroatoms. The summed E-state index contributed by atoms with van der Waals surface area (Å²) in [6, 6.07) is 8.32. The summed E-state index contributed by atoms with van der Waals surface area (Å²) >= 11 is 0. The van der Waals surface area contributed by atoms with E-state index in [9.17, 15) is 4.79 Å². The standard InChI is InChI=1S/C28H40O/c1-18-6-5-7-20(16-18)26(29)25-11-10-23-22-9-8-21-17-19(2)12-14-27(21,3)24(22)13-15-28(23,25)4/h5-7,16,19,21-25H,8-15,17H2,1-4H3/t19-,21?,22-,23?,24?,25+,27-,28-/m0/s1. The highest BCUT2D eigenvalue weighted by Crippen LogP contribution is 2.68. The molecule has 0 aliphatic heterocycles. The van der Waals surface area contributed by atoms with Crippen molar-refractivity contribution in [1.29, 1.82) is 0 Å². The Morgan fingerprint density at radius 1 is 0.931 bits per heavy atom. The summed E-state index contributed by atoms with van der Waals surface area (Å²) in [4.78, 5) is 13.5. The largest absolute Gasteiger partial charge is 0.294 e. The average Bonchev–Trinajstić information content (AvgIpc) is 3.05. The Balaban J connectivity index is 1.40. The van der Waals surface area contributed by atoms with Crippen LogP contribution < -0.4 is 0 Å². The van der Waals surface area contributed by atoms with Crippen LogP contribution in [0.15, 0.2) is 24.3 Å². The Labute approximate surface area is 178 Å². The molecule has 1 nitrogen and oxygen atoms in total. The predicted octanol–water partition coefficient (Wildman–Crippen LogP) is 7.47. The van der Waals surface area contributed by atoms with Crippen molar-refractivity contribution in [2.45, 2.75) is 85.5 Å². The Hall–Kier alpha value is -1.11. The van der Waals surface area contributed by atoms with E-state index in [2.05, 4.69) is 45.9 Å². The molecule has 29 heavy (non-hydrogen) atoms. The quantitative estimate of drug-likeness (QED) is 0.477. The van der Waals surface area contributed by atoms with Crippen molar-refractivity contribution in [3.63, 3.8) is 0 Å². The normalized spacial score (nSPS) is 46.5. The number of Topliss-reactive ketones (excluding diaryl/α,β-unsaturated/α-hetero) is 1. The SMILES string of the molecule is Cc1cccc(C(=O)[C@H]2CCC3[C@@H]4CCC5C[C@@H](C)CC[C@]5(C)C4CC[C@@]32C)c1. The predicted molar refractivity (Wildman–Crippen MR) is 120 cm³/mol. The molecule has 3 unspecified atom stereocenters. The highest BCUT2D eigenvalue weighted by atomic mass is 16.1. The third kappa shape index (κ3) is 2.97. The molecule has 4 aliphatic carbocycles. The van der Waals surface area contributed by atoms with Crippen LogP contribution in [0.3, 0.4) is 0 Å². The molecule has 0 heterocycles. The first-order valence-electron chi connectivity index (χ1n) is 12.4. The lowest BCUT2D eigenvalue weighted by Crippen LogP contribution is -2.53. The van der Waals surface area contributed by atoms with Crippen LogP contribution in [0.4, 0.5) is 0 Å². The van der Waals surface area contributed by atoms with E-state index < -0.39 is 0 Å². The third-order valence-electron chi connectivity index (χ3n) is 10.5. The molecule has 8 atom stereocenters. The van der Waals surface area contributed by atoms with Gasteiger partial charge in [0.15, 0.2) is 5.78 Å². The van der Waals surface area contributed by atoms with Crippen molar-refractivity contribution in [3.05, 3.63) is 35.4 Å². The van der Waals surface area contributed by atoms with E-state index in [-0.39, 0.29) is 11.3 Å². The lowest BCUT2D eigenvalue weighted by atomic mass is 9.44. The van der Waals surface area contributed by atoms with Crippen LogP contribution in [0, 0.1) is 53.3 Å². The smallest absolute Gasteiger partial charge is 0.166 e. The third-order valence-corrected chi connectivity index (χ3v) is 10.5. The Morgan fingerprint density at radius 2 is 1.69 bits per heavy atom. The molecule has 4 aliphatic rings. The van der Waals surface area contributed by atoms with E-state index >= 15 is 0 Å². The lowest BCUT2D eigenvalue weighted by molar-refractivity contribution is -0.114. The summed E-state index contributed by atoms with van der Waals surface area (Å²) in [7, 11) is 0. The zero-order chi connectivity index (χ0) is 20.4. The van der Waals surface area contributed by atoms with Crippen LogP contribution in [0.25, 0.3) is 0 Å². The summed E-state index contributed by atoms with van der Waals surface area (Å²) in [6.07, 6.45) is 12.3.